The molecule has 3 aromatic rings. The zero-order chi connectivity index (χ0) is 20.7. The van der Waals surface area contributed by atoms with E-state index in [2.05, 4.69) is 10.3 Å². The van der Waals surface area contributed by atoms with Crippen LogP contribution < -0.4 is 14.8 Å². The number of aldehydes is 1. The van der Waals surface area contributed by atoms with Gasteiger partial charge in [0, 0.05) is 24.2 Å². The minimum atomic E-state index is -1.42. The summed E-state index contributed by atoms with van der Waals surface area (Å²) in [6.45, 7) is 0. The number of nitrogens with one attached hydrogen (secondary N) is 1. The number of hydrogen-bond donors (Lipinski definition) is 1. The van der Waals surface area contributed by atoms with Crippen LogP contribution in [0.15, 0.2) is 36.5 Å². The van der Waals surface area contributed by atoms with Crippen LogP contribution in [0.4, 0.5) is 10.2 Å². The van der Waals surface area contributed by atoms with Gasteiger partial charge >= 0.3 is 0 Å². The number of ether oxygens (including phenoxy) is 2. The van der Waals surface area contributed by atoms with Crippen LogP contribution in [0.1, 0.15) is 0 Å². The number of hydrogen-bond acceptors (Lipinski definition) is 5. The average Bonchev–Trinajstić information content (AvgIpc) is 3.29. The molecule has 1 N–H and O–H groups in total. The number of halogens is 1. The summed E-state index contributed by atoms with van der Waals surface area (Å²) in [6.07, 6.45) is 0.969. The number of nitrogens with zero attached hydrogens (tertiary/aromatic N) is 2. The second kappa shape index (κ2) is 7.20. The second-order valence-corrected chi connectivity index (χ2v) is 6.93. The Morgan fingerprint density at radius 3 is 2.48 bits per heavy atom. The molecule has 1 saturated carbocycles. The molecule has 7 nitrogen and oxygen atoms in total. The van der Waals surface area contributed by atoms with Crippen molar-refractivity contribution in [1.29, 1.82) is 0 Å². The summed E-state index contributed by atoms with van der Waals surface area (Å²) in [7, 11) is 5.03. The fourth-order valence-electron chi connectivity index (χ4n) is 3.62. The van der Waals surface area contributed by atoms with Gasteiger partial charge in [-0.05, 0) is 24.3 Å². The van der Waals surface area contributed by atoms with Crippen molar-refractivity contribution in [3.8, 4) is 22.6 Å². The molecule has 0 saturated heterocycles. The first kappa shape index (κ1) is 18.9. The van der Waals surface area contributed by atoms with E-state index >= 15 is 0 Å². The number of alkyl halides is 1. The predicted molar refractivity (Wildman–Crippen MR) is 106 cm³/mol. The Morgan fingerprint density at radius 1 is 1.21 bits per heavy atom. The number of rotatable bonds is 6. The lowest BCUT2D eigenvalue weighted by Crippen LogP contribution is -2.17. The zero-order valence-electron chi connectivity index (χ0n) is 16.2. The van der Waals surface area contributed by atoms with Crippen LogP contribution in [0.25, 0.3) is 22.2 Å². The van der Waals surface area contributed by atoms with Crippen LogP contribution >= 0.6 is 0 Å². The first-order valence-electron chi connectivity index (χ1n) is 9.07. The highest BCUT2D eigenvalue weighted by Crippen LogP contribution is 2.43. The molecule has 8 heteroatoms. The van der Waals surface area contributed by atoms with Gasteiger partial charge < -0.3 is 24.2 Å². The van der Waals surface area contributed by atoms with Gasteiger partial charge in [0.05, 0.1) is 31.6 Å². The lowest BCUT2D eigenvalue weighted by Gasteiger charge is -2.12. The maximum absolute atomic E-state index is 13.5. The molecule has 0 spiro atoms. The molecule has 0 aliphatic heterocycles. The van der Waals surface area contributed by atoms with Crippen molar-refractivity contribution in [2.24, 2.45) is 18.9 Å². The molecule has 2 aromatic heterocycles. The van der Waals surface area contributed by atoms with Crippen LogP contribution in [-0.2, 0) is 16.6 Å². The van der Waals surface area contributed by atoms with E-state index in [0.29, 0.717) is 29.3 Å². The summed E-state index contributed by atoms with van der Waals surface area (Å²) in [5, 5.41) is 3.44. The molecular formula is C21H20FN3O4. The zero-order valence-corrected chi connectivity index (χ0v) is 16.2. The van der Waals surface area contributed by atoms with Crippen LogP contribution in [0, 0.1) is 11.8 Å². The third kappa shape index (κ3) is 3.10. The molecule has 150 valence electrons. The smallest absolute Gasteiger partial charge is 0.232 e. The molecule has 0 unspecified atom stereocenters. The minimum Gasteiger partial charge on any atom is -0.496 e. The Bertz CT molecular complexity index is 1090. The van der Waals surface area contributed by atoms with E-state index in [0.717, 1.165) is 16.5 Å². The number of benzene rings is 1. The normalized spacial score (nSPS) is 20.3. The molecule has 1 aliphatic rings. The summed E-state index contributed by atoms with van der Waals surface area (Å²) in [6, 6.07) is 9.03. The molecule has 4 rings (SSSR count). The van der Waals surface area contributed by atoms with Gasteiger partial charge in [0.25, 0.3) is 0 Å². The topological polar surface area (TPSA) is 82.4 Å². The maximum Gasteiger partial charge on any atom is 0.232 e. The summed E-state index contributed by atoms with van der Waals surface area (Å²) in [5.41, 5.74) is 2.30. The molecule has 0 bridgehead atoms. The number of pyridine rings is 1. The van der Waals surface area contributed by atoms with Gasteiger partial charge in [0.15, 0.2) is 0 Å². The fourth-order valence-corrected chi connectivity index (χ4v) is 3.62. The van der Waals surface area contributed by atoms with E-state index in [4.69, 9.17) is 9.47 Å². The third-order valence-electron chi connectivity index (χ3n) is 5.22. The van der Waals surface area contributed by atoms with Crippen LogP contribution in [-0.4, -0.2) is 42.1 Å². The van der Waals surface area contributed by atoms with Crippen molar-refractivity contribution < 1.29 is 23.5 Å². The predicted octanol–water partition coefficient (Wildman–Crippen LogP) is 2.98. The lowest BCUT2D eigenvalue weighted by atomic mass is 10.0. The fraction of sp³-hybridized carbons (Fsp3) is 0.286. The van der Waals surface area contributed by atoms with Gasteiger partial charge in [-0.3, -0.25) is 4.79 Å². The van der Waals surface area contributed by atoms with Gasteiger partial charge in [-0.15, -0.1) is 0 Å². The number of aromatic nitrogens is 2. The molecule has 1 aliphatic carbocycles. The number of anilines is 1. The summed E-state index contributed by atoms with van der Waals surface area (Å²) < 4.78 is 26.4. The Labute approximate surface area is 166 Å². The quantitative estimate of drug-likeness (QED) is 0.647. The number of amides is 1. The van der Waals surface area contributed by atoms with E-state index in [9.17, 15) is 14.0 Å². The molecular weight excluding hydrogens is 377 g/mol. The van der Waals surface area contributed by atoms with Crippen LogP contribution in [0.5, 0.6) is 11.5 Å². The van der Waals surface area contributed by atoms with Crippen molar-refractivity contribution in [3.63, 3.8) is 0 Å². The SMILES string of the molecule is COc1cccc(OC)c1-c1cn(C)c2nc(NC(=O)[C@@H]3[C@@H](F)[C@H]3C=O)ccc12. The van der Waals surface area contributed by atoms with Gasteiger partial charge in [0.2, 0.25) is 5.91 Å². The van der Waals surface area contributed by atoms with Crippen molar-refractivity contribution in [1.82, 2.24) is 9.55 Å². The van der Waals surface area contributed by atoms with E-state index in [1.807, 2.05) is 42.1 Å². The molecule has 1 fully saturated rings. The maximum atomic E-state index is 13.5. The monoisotopic (exact) mass is 397 g/mol. The van der Waals surface area contributed by atoms with Crippen LogP contribution in [0.3, 0.4) is 0 Å². The Kier molecular flexibility index (Phi) is 4.70. The van der Waals surface area contributed by atoms with Gasteiger partial charge in [-0.25, -0.2) is 9.37 Å². The van der Waals surface area contributed by atoms with E-state index in [1.54, 1.807) is 20.3 Å². The Balaban J connectivity index is 1.72. The van der Waals surface area contributed by atoms with Crippen LogP contribution in [0.2, 0.25) is 0 Å². The third-order valence-corrected chi connectivity index (χ3v) is 5.22. The molecule has 0 radical (unpaired) electrons. The van der Waals surface area contributed by atoms with Crippen molar-refractivity contribution in [2.75, 3.05) is 19.5 Å². The van der Waals surface area contributed by atoms with Crippen molar-refractivity contribution in [3.05, 3.63) is 36.5 Å². The largest absolute Gasteiger partial charge is 0.496 e. The first-order valence-corrected chi connectivity index (χ1v) is 9.07. The number of methoxy groups -OCH3 is 2. The van der Waals surface area contributed by atoms with Crippen molar-refractivity contribution in [2.45, 2.75) is 6.17 Å². The number of aryl methyl sites for hydroxylation is 1. The first-order chi connectivity index (χ1) is 14.0. The Morgan fingerprint density at radius 2 is 1.90 bits per heavy atom. The van der Waals surface area contributed by atoms with E-state index < -0.39 is 23.9 Å². The standard InChI is InChI=1S/C21H20FN3O4/c1-25-9-12(17-14(28-2)5-4-6-15(17)29-3)11-7-8-16(23-20(11)25)24-21(27)18-13(10-26)19(18)22/h4-10,13,18-19H,1-3H3,(H,23,24,27)/t13-,18-,19-/m0/s1. The highest BCUT2D eigenvalue weighted by Gasteiger charge is 2.56. The summed E-state index contributed by atoms with van der Waals surface area (Å²) in [5.74, 6) is -0.716. The molecule has 29 heavy (non-hydrogen) atoms. The molecule has 1 aromatic carbocycles. The van der Waals surface area contributed by atoms with Gasteiger partial charge in [-0.2, -0.15) is 0 Å². The molecule has 1 amide bonds. The highest BCUT2D eigenvalue weighted by molar-refractivity contribution is 6.01. The highest BCUT2D eigenvalue weighted by atomic mass is 19.1. The summed E-state index contributed by atoms with van der Waals surface area (Å²) >= 11 is 0. The van der Waals surface area contributed by atoms with E-state index in [1.165, 1.54) is 0 Å². The number of fused-ring (bicyclic) bond motifs is 1. The average molecular weight is 397 g/mol. The minimum absolute atomic E-state index is 0.297. The van der Waals surface area contributed by atoms with Gasteiger partial charge in [0.1, 0.15) is 35.4 Å². The second-order valence-electron chi connectivity index (χ2n) is 6.93. The number of carbonyl (C=O) groups excluding carboxylic acids is 2. The van der Waals surface area contributed by atoms with Crippen molar-refractivity contribution >= 4 is 29.0 Å². The lowest BCUT2D eigenvalue weighted by molar-refractivity contribution is -0.119. The Hall–Kier alpha value is -3.42. The molecule has 3 atom stereocenters. The van der Waals surface area contributed by atoms with E-state index in [-0.39, 0.29) is 0 Å². The molecule has 2 heterocycles. The van der Waals surface area contributed by atoms with Gasteiger partial charge in [-0.1, -0.05) is 6.07 Å². The number of carbonyl (C=O) groups is 2. The summed E-state index contributed by atoms with van der Waals surface area (Å²) in [4.78, 5) is 27.4.